The molecule has 3 aromatic heterocycles. The number of nitrogens with zero attached hydrogens (tertiary/aromatic N) is 2. The minimum Gasteiger partial charge on any atom is -0.352 e. The number of aromatic nitrogens is 4. The fourth-order valence-corrected chi connectivity index (χ4v) is 11.0. The number of halogens is 8. The summed E-state index contributed by atoms with van der Waals surface area (Å²) < 4.78 is 6.69. The van der Waals surface area contributed by atoms with Gasteiger partial charge in [0.15, 0.2) is 0 Å². The molecule has 0 saturated heterocycles. The van der Waals surface area contributed by atoms with Crippen LogP contribution in [0.1, 0.15) is 22.8 Å². The summed E-state index contributed by atoms with van der Waals surface area (Å²) in [6.45, 7) is 0. The first-order valence-corrected chi connectivity index (χ1v) is 23.4. The average Bonchev–Trinajstić information content (AvgIpc) is 3.89. The first-order valence-electron chi connectivity index (χ1n) is 17.0. The van der Waals surface area contributed by atoms with Crippen molar-refractivity contribution in [2.75, 3.05) is 0 Å². The van der Waals surface area contributed by atoms with Crippen LogP contribution in [0.4, 0.5) is 0 Å². The average molecular weight is 1250 g/mol. The summed E-state index contributed by atoms with van der Waals surface area (Å²) in [5.74, 6) is 0. The lowest BCUT2D eigenvalue weighted by Crippen LogP contribution is -1.93. The summed E-state index contributed by atoms with van der Waals surface area (Å²) in [6, 6.07) is 41.3. The van der Waals surface area contributed by atoms with E-state index in [4.69, 9.17) is 9.97 Å². The van der Waals surface area contributed by atoms with Crippen molar-refractivity contribution >= 4 is 167 Å². The summed E-state index contributed by atoms with van der Waals surface area (Å²) in [7, 11) is 0. The Kier molecular flexibility index (Phi) is 11.0. The Hall–Kier alpha value is -2.68. The molecule has 4 nitrogen and oxygen atoms in total. The van der Waals surface area contributed by atoms with Crippen LogP contribution in [0.2, 0.25) is 0 Å². The lowest BCUT2D eigenvalue weighted by Gasteiger charge is -2.08. The molecular formula is C44H22Br8N4. The number of rotatable bonds is 4. The Labute approximate surface area is 389 Å². The van der Waals surface area contributed by atoms with Gasteiger partial charge in [-0.05, 0) is 150 Å². The van der Waals surface area contributed by atoms with Gasteiger partial charge in [0.1, 0.15) is 0 Å². The molecule has 9 rings (SSSR count). The minimum absolute atomic E-state index is 0.738. The highest BCUT2D eigenvalue weighted by Crippen LogP contribution is 2.53. The van der Waals surface area contributed by atoms with Crippen molar-refractivity contribution in [3.8, 4) is 44.5 Å². The third kappa shape index (κ3) is 6.51. The lowest BCUT2D eigenvalue weighted by molar-refractivity contribution is 1.27. The smallest absolute Gasteiger partial charge is 0.0892 e. The predicted octanol–water partition coefficient (Wildman–Crippen LogP) is 17.3. The Balaban J connectivity index is 1.63. The summed E-state index contributed by atoms with van der Waals surface area (Å²) in [5.41, 5.74) is 14.0. The molecule has 0 aliphatic carbocycles. The van der Waals surface area contributed by atoms with Crippen LogP contribution >= 0.6 is 127 Å². The Morgan fingerprint density at radius 2 is 0.518 bits per heavy atom. The van der Waals surface area contributed by atoms with Gasteiger partial charge >= 0.3 is 0 Å². The molecular weight excluding hydrogens is 1220 g/mol. The van der Waals surface area contributed by atoms with Crippen LogP contribution < -0.4 is 0 Å². The molecule has 12 heteroatoms. The van der Waals surface area contributed by atoms with Crippen LogP contribution in [-0.2, 0) is 0 Å². The maximum absolute atomic E-state index is 5.52. The van der Waals surface area contributed by atoms with Gasteiger partial charge in [-0.3, -0.25) is 0 Å². The van der Waals surface area contributed by atoms with E-state index >= 15 is 0 Å². The van der Waals surface area contributed by atoms with Gasteiger partial charge in [0.25, 0.3) is 0 Å². The highest BCUT2D eigenvalue weighted by molar-refractivity contribution is 9.18. The van der Waals surface area contributed by atoms with Crippen LogP contribution in [0, 0.1) is 0 Å². The van der Waals surface area contributed by atoms with E-state index in [-0.39, 0.29) is 0 Å². The molecule has 0 amide bonds. The van der Waals surface area contributed by atoms with Gasteiger partial charge in [0.05, 0.1) is 80.7 Å². The van der Waals surface area contributed by atoms with Crippen molar-refractivity contribution in [1.29, 1.82) is 0 Å². The molecule has 2 aliphatic heterocycles. The summed E-state index contributed by atoms with van der Waals surface area (Å²) >= 11 is 32.2. The number of benzene rings is 4. The molecule has 0 atom stereocenters. The quantitative estimate of drug-likeness (QED) is 0.185. The Morgan fingerprint density at radius 3 is 0.821 bits per heavy atom. The van der Waals surface area contributed by atoms with E-state index in [0.29, 0.717) is 0 Å². The van der Waals surface area contributed by atoms with E-state index < -0.39 is 0 Å². The van der Waals surface area contributed by atoms with Crippen molar-refractivity contribution in [3.63, 3.8) is 0 Å². The van der Waals surface area contributed by atoms with Gasteiger partial charge < -0.3 is 9.97 Å². The highest BCUT2D eigenvalue weighted by atomic mass is 79.9. The van der Waals surface area contributed by atoms with E-state index in [9.17, 15) is 0 Å². The highest BCUT2D eigenvalue weighted by Gasteiger charge is 2.31. The van der Waals surface area contributed by atoms with Crippen molar-refractivity contribution in [3.05, 3.63) is 162 Å². The second kappa shape index (κ2) is 15.8. The lowest BCUT2D eigenvalue weighted by atomic mass is 10.0. The van der Waals surface area contributed by atoms with Crippen molar-refractivity contribution < 1.29 is 0 Å². The molecule has 0 unspecified atom stereocenters. The first-order chi connectivity index (χ1) is 27.2. The predicted molar refractivity (Wildman–Crippen MR) is 263 cm³/mol. The van der Waals surface area contributed by atoms with Gasteiger partial charge in [0.2, 0.25) is 0 Å². The van der Waals surface area contributed by atoms with Gasteiger partial charge in [0, 0.05) is 22.3 Å². The van der Waals surface area contributed by atoms with Crippen LogP contribution in [0.15, 0.2) is 139 Å². The molecule has 56 heavy (non-hydrogen) atoms. The maximum Gasteiger partial charge on any atom is 0.0892 e. The topological polar surface area (TPSA) is 57.4 Å². The monoisotopic (exact) mass is 1240 g/mol. The zero-order valence-corrected chi connectivity index (χ0v) is 41.2. The van der Waals surface area contributed by atoms with E-state index in [1.54, 1.807) is 0 Å². The van der Waals surface area contributed by atoms with Crippen LogP contribution in [0.3, 0.4) is 0 Å². The third-order valence-electron chi connectivity index (χ3n) is 9.62. The van der Waals surface area contributed by atoms with Crippen LogP contribution in [0.25, 0.3) is 84.5 Å². The van der Waals surface area contributed by atoms with E-state index in [1.165, 1.54) is 0 Å². The molecule has 0 radical (unpaired) electrons. The fourth-order valence-electron chi connectivity index (χ4n) is 7.11. The third-order valence-corrected chi connectivity index (χ3v) is 18.0. The molecule has 2 aliphatic rings. The van der Waals surface area contributed by atoms with Crippen molar-refractivity contribution in [2.45, 2.75) is 0 Å². The minimum atomic E-state index is 0.738. The summed E-state index contributed by atoms with van der Waals surface area (Å²) in [6.07, 6.45) is 0. The van der Waals surface area contributed by atoms with Gasteiger partial charge in [-0.2, -0.15) is 0 Å². The van der Waals surface area contributed by atoms with Gasteiger partial charge in [-0.15, -0.1) is 0 Å². The maximum atomic E-state index is 5.52. The van der Waals surface area contributed by atoms with E-state index in [2.05, 4.69) is 198 Å². The summed E-state index contributed by atoms with van der Waals surface area (Å²) in [4.78, 5) is 18.8. The first kappa shape index (κ1) is 38.8. The van der Waals surface area contributed by atoms with Crippen LogP contribution in [0.5, 0.6) is 0 Å². The summed E-state index contributed by atoms with van der Waals surface area (Å²) in [5, 5.41) is 0. The molecule has 4 aromatic carbocycles. The zero-order valence-electron chi connectivity index (χ0n) is 28.5. The fraction of sp³-hybridized carbons (Fsp3) is 0. The van der Waals surface area contributed by atoms with Crippen LogP contribution in [-0.4, -0.2) is 19.9 Å². The second-order valence-electron chi connectivity index (χ2n) is 12.8. The van der Waals surface area contributed by atoms with E-state index in [0.717, 1.165) is 125 Å². The zero-order chi connectivity index (χ0) is 38.8. The normalized spacial score (nSPS) is 12.9. The molecule has 0 spiro atoms. The molecule has 7 aromatic rings. The number of nitrogens with one attached hydrogen (secondary N) is 2. The Morgan fingerprint density at radius 1 is 0.286 bits per heavy atom. The number of fused-ring (bicyclic) bond motifs is 8. The number of H-pyrrole nitrogens is 2. The molecule has 274 valence electrons. The SMILES string of the molecule is BrC1=C(Br)c2nc1c(-c1ccccc1)c1nc(c(-c3ccccc3)c3[nH]c(c(Br)c3Br)c(-c3ccccc3)c3[nH]c(c(Br)c3Br)c2-c2ccccc2)C(Br)=C1Br. The molecule has 5 heterocycles. The molecule has 2 N–H and O–H groups in total. The molecule has 8 bridgehead atoms. The second-order valence-corrected chi connectivity index (χ2v) is 19.2. The van der Waals surface area contributed by atoms with Crippen molar-refractivity contribution in [1.82, 2.24) is 19.9 Å². The van der Waals surface area contributed by atoms with Gasteiger partial charge in [-0.25, -0.2) is 9.97 Å². The number of aromatic amines is 2. The number of hydrogen-bond donors (Lipinski definition) is 2. The number of hydrogen-bond acceptors (Lipinski definition) is 2. The Bertz CT molecular complexity index is 2810. The van der Waals surface area contributed by atoms with Crippen molar-refractivity contribution in [2.24, 2.45) is 0 Å². The van der Waals surface area contributed by atoms with Gasteiger partial charge in [-0.1, -0.05) is 121 Å². The standard InChI is InChI=1S/C44H22Br8N4/c45-29-31(47)39-26(22-15-7-2-8-16-22)41-33(49)35(51)43(55-41)28(24-19-11-4-12-20-24)44-36(52)34(50)42(56-44)27(23-17-9-3-10-18-23)40-32(48)30(46)38(54-40)25(37(29)53-39)21-13-5-1-6-14-21/h1-20,53-54H. The van der Waals surface area contributed by atoms with E-state index in [1.807, 2.05) is 60.7 Å². The molecule has 0 saturated carbocycles. The molecule has 0 fully saturated rings. The largest absolute Gasteiger partial charge is 0.352 e.